The maximum atomic E-state index is 13.0. The first kappa shape index (κ1) is 21.5. The smallest absolute Gasteiger partial charge is 0.408 e. The first-order valence-corrected chi connectivity index (χ1v) is 10.2. The summed E-state index contributed by atoms with van der Waals surface area (Å²) >= 11 is 0. The molecule has 1 aliphatic carbocycles. The molecule has 1 atom stereocenters. The third-order valence-electron chi connectivity index (χ3n) is 5.47. The molecule has 1 aromatic carbocycles. The molecule has 2 aromatic rings. The number of aldehydes is 1. The number of anilines is 1. The number of rotatable bonds is 7. The van der Waals surface area contributed by atoms with Crippen LogP contribution in [-0.4, -0.2) is 29.3 Å². The third kappa shape index (κ3) is 6.14. The highest BCUT2D eigenvalue weighted by Gasteiger charge is 2.33. The summed E-state index contributed by atoms with van der Waals surface area (Å²) in [6.07, 6.45) is 5.23. The maximum Gasteiger partial charge on any atom is 0.408 e. The number of pyridine rings is 1. The lowest BCUT2D eigenvalue weighted by Gasteiger charge is -2.32. The predicted molar refractivity (Wildman–Crippen MR) is 113 cm³/mol. The van der Waals surface area contributed by atoms with Crippen molar-refractivity contribution in [1.29, 1.82) is 0 Å². The van der Waals surface area contributed by atoms with Crippen LogP contribution < -0.4 is 10.6 Å². The lowest BCUT2D eigenvalue weighted by atomic mass is 9.79. The highest BCUT2D eigenvalue weighted by Crippen LogP contribution is 2.31. The van der Waals surface area contributed by atoms with Gasteiger partial charge in [0.05, 0.1) is 0 Å². The van der Waals surface area contributed by atoms with Crippen molar-refractivity contribution in [2.75, 3.05) is 5.32 Å². The molecule has 1 heterocycles. The second-order valence-electron chi connectivity index (χ2n) is 7.79. The van der Waals surface area contributed by atoms with Crippen molar-refractivity contribution < 1.29 is 19.1 Å². The number of amides is 2. The van der Waals surface area contributed by atoms with E-state index < -0.39 is 12.1 Å². The van der Waals surface area contributed by atoms with Crippen molar-refractivity contribution in [3.63, 3.8) is 0 Å². The van der Waals surface area contributed by atoms with Crippen LogP contribution in [0.15, 0.2) is 48.7 Å². The number of ether oxygens (including phenoxy) is 1. The molecule has 1 fully saturated rings. The Morgan fingerprint density at radius 3 is 2.60 bits per heavy atom. The molecular formula is C23H27N3O4. The number of carbonyl (C=O) groups excluding carboxylic acids is 3. The SMILES string of the molecule is CC1CCC([C@H](NC(=O)OCc2ccccc2)C(=O)Nc2cc(C=O)ccn2)CC1. The van der Waals surface area contributed by atoms with Gasteiger partial charge in [-0.15, -0.1) is 0 Å². The molecule has 2 N–H and O–H groups in total. The second kappa shape index (κ2) is 10.5. The first-order chi connectivity index (χ1) is 14.5. The van der Waals surface area contributed by atoms with Gasteiger partial charge in [-0.05, 0) is 42.4 Å². The summed E-state index contributed by atoms with van der Waals surface area (Å²) in [4.78, 5) is 40.5. The molecule has 1 aliphatic rings. The van der Waals surface area contributed by atoms with E-state index in [0.717, 1.165) is 31.2 Å². The molecule has 7 nitrogen and oxygen atoms in total. The molecule has 0 radical (unpaired) electrons. The van der Waals surface area contributed by atoms with Crippen molar-refractivity contribution in [3.05, 3.63) is 59.8 Å². The zero-order chi connectivity index (χ0) is 21.3. The molecule has 0 unspecified atom stereocenters. The largest absolute Gasteiger partial charge is 0.445 e. The first-order valence-electron chi connectivity index (χ1n) is 10.2. The Balaban J connectivity index is 1.66. The molecule has 0 spiro atoms. The molecule has 30 heavy (non-hydrogen) atoms. The zero-order valence-electron chi connectivity index (χ0n) is 17.0. The fourth-order valence-electron chi connectivity index (χ4n) is 3.70. The van der Waals surface area contributed by atoms with Crippen LogP contribution >= 0.6 is 0 Å². The molecule has 0 bridgehead atoms. The minimum Gasteiger partial charge on any atom is -0.445 e. The Morgan fingerprint density at radius 1 is 1.17 bits per heavy atom. The molecule has 3 rings (SSSR count). The summed E-state index contributed by atoms with van der Waals surface area (Å²) in [5.41, 5.74) is 1.29. The fraction of sp³-hybridized carbons (Fsp3) is 0.391. The van der Waals surface area contributed by atoms with E-state index in [9.17, 15) is 14.4 Å². The third-order valence-corrected chi connectivity index (χ3v) is 5.47. The van der Waals surface area contributed by atoms with Crippen LogP contribution in [0.25, 0.3) is 0 Å². The van der Waals surface area contributed by atoms with E-state index in [0.29, 0.717) is 17.8 Å². The standard InChI is InChI=1S/C23H27N3O4/c1-16-7-9-19(10-8-16)21(22(28)25-20-13-18(14-27)11-12-24-20)26-23(29)30-15-17-5-3-2-4-6-17/h2-6,11-14,16,19,21H,7-10,15H2,1H3,(H,26,29)(H,24,25,28)/t16?,19?,21-/m0/s1. The van der Waals surface area contributed by atoms with E-state index in [1.54, 1.807) is 6.07 Å². The quantitative estimate of drug-likeness (QED) is 0.675. The highest BCUT2D eigenvalue weighted by atomic mass is 16.5. The van der Waals surface area contributed by atoms with Crippen LogP contribution in [0, 0.1) is 11.8 Å². The van der Waals surface area contributed by atoms with E-state index in [4.69, 9.17) is 4.74 Å². The van der Waals surface area contributed by atoms with Gasteiger partial charge in [-0.2, -0.15) is 0 Å². The van der Waals surface area contributed by atoms with Crippen LogP contribution in [0.3, 0.4) is 0 Å². The van der Waals surface area contributed by atoms with Gasteiger partial charge < -0.3 is 15.4 Å². The van der Waals surface area contributed by atoms with E-state index >= 15 is 0 Å². The van der Waals surface area contributed by atoms with Crippen LogP contribution in [0.1, 0.15) is 48.5 Å². The summed E-state index contributed by atoms with van der Waals surface area (Å²) in [6, 6.07) is 11.7. The summed E-state index contributed by atoms with van der Waals surface area (Å²) in [5, 5.41) is 5.48. The van der Waals surface area contributed by atoms with Crippen molar-refractivity contribution in [1.82, 2.24) is 10.3 Å². The Labute approximate surface area is 176 Å². The molecule has 158 valence electrons. The van der Waals surface area contributed by atoms with Gasteiger partial charge in [0, 0.05) is 11.8 Å². The monoisotopic (exact) mass is 409 g/mol. The Kier molecular flexibility index (Phi) is 7.54. The lowest BCUT2D eigenvalue weighted by molar-refractivity contribution is -0.119. The Bertz CT molecular complexity index is 864. The van der Waals surface area contributed by atoms with E-state index in [2.05, 4.69) is 22.5 Å². The minimum absolute atomic E-state index is 0.0136. The van der Waals surface area contributed by atoms with Gasteiger partial charge in [-0.3, -0.25) is 9.59 Å². The van der Waals surface area contributed by atoms with Gasteiger partial charge in [-0.1, -0.05) is 50.1 Å². The lowest BCUT2D eigenvalue weighted by Crippen LogP contribution is -2.49. The topological polar surface area (TPSA) is 97.4 Å². The molecule has 0 saturated heterocycles. The molecule has 0 aliphatic heterocycles. The van der Waals surface area contributed by atoms with Gasteiger partial charge >= 0.3 is 6.09 Å². The fourth-order valence-corrected chi connectivity index (χ4v) is 3.70. The number of alkyl carbamates (subject to hydrolysis) is 1. The van der Waals surface area contributed by atoms with Crippen LogP contribution in [-0.2, 0) is 16.1 Å². The number of benzene rings is 1. The summed E-state index contributed by atoms with van der Waals surface area (Å²) in [5.74, 6) is 0.542. The molecule has 1 aromatic heterocycles. The number of nitrogens with zero attached hydrogens (tertiary/aromatic N) is 1. The normalized spacial score (nSPS) is 19.4. The van der Waals surface area contributed by atoms with Gasteiger partial charge in [-0.25, -0.2) is 9.78 Å². The van der Waals surface area contributed by atoms with Gasteiger partial charge in [0.15, 0.2) is 0 Å². The molecule has 7 heteroatoms. The van der Waals surface area contributed by atoms with Gasteiger partial charge in [0.1, 0.15) is 24.8 Å². The second-order valence-corrected chi connectivity index (χ2v) is 7.79. The van der Waals surface area contributed by atoms with Crippen molar-refractivity contribution in [2.24, 2.45) is 11.8 Å². The highest BCUT2D eigenvalue weighted by molar-refractivity contribution is 5.96. The Hall–Kier alpha value is -3.22. The van der Waals surface area contributed by atoms with Gasteiger partial charge in [0.25, 0.3) is 0 Å². The van der Waals surface area contributed by atoms with E-state index in [1.807, 2.05) is 30.3 Å². The van der Waals surface area contributed by atoms with Crippen molar-refractivity contribution in [2.45, 2.75) is 45.3 Å². The molecular weight excluding hydrogens is 382 g/mol. The van der Waals surface area contributed by atoms with Gasteiger partial charge in [0.2, 0.25) is 5.91 Å². The Morgan fingerprint density at radius 2 is 1.90 bits per heavy atom. The molecule has 1 saturated carbocycles. The summed E-state index contributed by atoms with van der Waals surface area (Å²) in [7, 11) is 0. The average Bonchev–Trinajstić information content (AvgIpc) is 2.77. The minimum atomic E-state index is -0.734. The maximum absolute atomic E-state index is 13.0. The average molecular weight is 409 g/mol. The zero-order valence-corrected chi connectivity index (χ0v) is 17.0. The number of nitrogens with one attached hydrogen (secondary N) is 2. The van der Waals surface area contributed by atoms with Crippen molar-refractivity contribution >= 4 is 24.1 Å². The van der Waals surface area contributed by atoms with E-state index in [1.165, 1.54) is 12.3 Å². The summed E-state index contributed by atoms with van der Waals surface area (Å²) in [6.45, 7) is 2.33. The number of hydrogen-bond acceptors (Lipinski definition) is 5. The van der Waals surface area contributed by atoms with Crippen molar-refractivity contribution in [3.8, 4) is 0 Å². The number of aromatic nitrogens is 1. The van der Waals surface area contributed by atoms with Crippen LogP contribution in [0.5, 0.6) is 0 Å². The van der Waals surface area contributed by atoms with Crippen LogP contribution in [0.4, 0.5) is 10.6 Å². The predicted octanol–water partition coefficient (Wildman–Crippen LogP) is 3.95. The molecule has 2 amide bonds. The van der Waals surface area contributed by atoms with Crippen LogP contribution in [0.2, 0.25) is 0 Å². The number of carbonyl (C=O) groups is 3. The number of hydrogen-bond donors (Lipinski definition) is 2. The summed E-state index contributed by atoms with van der Waals surface area (Å²) < 4.78 is 5.32. The van der Waals surface area contributed by atoms with E-state index in [-0.39, 0.29) is 24.2 Å².